The van der Waals surface area contributed by atoms with Crippen LogP contribution in [0.1, 0.15) is 52.4 Å². The summed E-state index contributed by atoms with van der Waals surface area (Å²) in [6.07, 6.45) is 6.78. The molecule has 100 valence electrons. The van der Waals surface area contributed by atoms with E-state index in [0.29, 0.717) is 29.0 Å². The largest absolute Gasteiger partial charge is 0.311 e. The van der Waals surface area contributed by atoms with E-state index in [1.807, 2.05) is 0 Å². The van der Waals surface area contributed by atoms with Crippen LogP contribution in [0.2, 0.25) is 0 Å². The molecule has 0 aromatic carbocycles. The minimum Gasteiger partial charge on any atom is -0.311 e. The third-order valence-corrected chi connectivity index (χ3v) is 6.21. The lowest BCUT2D eigenvalue weighted by Crippen LogP contribution is -2.50. The molecule has 1 unspecified atom stereocenters. The average Bonchev–Trinajstić information content (AvgIpc) is 2.24. The van der Waals surface area contributed by atoms with Crippen molar-refractivity contribution in [3.8, 4) is 0 Å². The minimum atomic E-state index is -2.73. The van der Waals surface area contributed by atoms with Crippen molar-refractivity contribution in [2.75, 3.05) is 11.5 Å². The van der Waals surface area contributed by atoms with E-state index in [1.54, 1.807) is 0 Å². The Kier molecular flexibility index (Phi) is 3.83. The van der Waals surface area contributed by atoms with Crippen LogP contribution in [0, 0.1) is 5.41 Å². The molecular weight excluding hydrogens is 234 g/mol. The van der Waals surface area contributed by atoms with E-state index in [-0.39, 0.29) is 0 Å². The molecule has 4 heteroatoms. The monoisotopic (exact) mass is 259 g/mol. The molecule has 2 fully saturated rings. The van der Waals surface area contributed by atoms with Gasteiger partial charge in [-0.05, 0) is 31.1 Å². The lowest BCUT2D eigenvalue weighted by atomic mass is 9.73. The van der Waals surface area contributed by atoms with Crippen molar-refractivity contribution in [3.63, 3.8) is 0 Å². The van der Waals surface area contributed by atoms with Gasteiger partial charge in [-0.25, -0.2) is 8.42 Å². The fraction of sp³-hybridized carbons (Fsp3) is 1.00. The highest BCUT2D eigenvalue weighted by Crippen LogP contribution is 2.36. The predicted molar refractivity (Wildman–Crippen MR) is 70.8 cm³/mol. The molecule has 1 atom stereocenters. The molecule has 2 rings (SSSR count). The first kappa shape index (κ1) is 13.3. The molecule has 0 spiro atoms. The molecule has 0 radical (unpaired) electrons. The van der Waals surface area contributed by atoms with Crippen molar-refractivity contribution >= 4 is 9.84 Å². The Labute approximate surface area is 105 Å². The molecular formula is C13H25NO2S. The maximum atomic E-state index is 11.4. The summed E-state index contributed by atoms with van der Waals surface area (Å²) in [6.45, 7) is 4.67. The van der Waals surface area contributed by atoms with Crippen LogP contribution in [0.3, 0.4) is 0 Å². The van der Waals surface area contributed by atoms with E-state index in [0.717, 1.165) is 12.8 Å². The van der Waals surface area contributed by atoms with Gasteiger partial charge in [0.15, 0.2) is 0 Å². The number of hydrogen-bond acceptors (Lipinski definition) is 3. The van der Waals surface area contributed by atoms with Crippen LogP contribution in [0.5, 0.6) is 0 Å². The normalized spacial score (nSPS) is 33.4. The van der Waals surface area contributed by atoms with Crippen molar-refractivity contribution in [1.82, 2.24) is 5.32 Å². The summed E-state index contributed by atoms with van der Waals surface area (Å²) in [5.74, 6) is 0.746. The highest BCUT2D eigenvalue weighted by molar-refractivity contribution is 7.91. The predicted octanol–water partition coefficient (Wildman–Crippen LogP) is 2.12. The Bertz CT molecular complexity index is 348. The SMILES string of the molecule is CC1(C)CCCCC1NC1CCS(=O)(=O)CC1. The minimum absolute atomic E-state index is 0.370. The van der Waals surface area contributed by atoms with Gasteiger partial charge in [0.2, 0.25) is 0 Å². The van der Waals surface area contributed by atoms with Gasteiger partial charge in [-0.15, -0.1) is 0 Å². The van der Waals surface area contributed by atoms with Gasteiger partial charge >= 0.3 is 0 Å². The summed E-state index contributed by atoms with van der Waals surface area (Å²) >= 11 is 0. The fourth-order valence-electron chi connectivity index (χ4n) is 3.14. The smallest absolute Gasteiger partial charge is 0.150 e. The van der Waals surface area contributed by atoms with Gasteiger partial charge in [-0.3, -0.25) is 0 Å². The first-order valence-corrected chi connectivity index (χ1v) is 8.68. The standard InChI is InChI=1S/C13H25NO2S/c1-13(2)8-4-3-5-12(13)14-11-6-9-17(15,16)10-7-11/h11-12,14H,3-10H2,1-2H3. The zero-order valence-corrected chi connectivity index (χ0v) is 11.9. The summed E-state index contributed by atoms with van der Waals surface area (Å²) in [7, 11) is -2.73. The van der Waals surface area contributed by atoms with E-state index in [4.69, 9.17) is 0 Å². The van der Waals surface area contributed by atoms with Crippen LogP contribution in [0.15, 0.2) is 0 Å². The summed E-state index contributed by atoms with van der Waals surface area (Å²) < 4.78 is 22.8. The fourth-order valence-corrected chi connectivity index (χ4v) is 4.64. The van der Waals surface area contributed by atoms with E-state index in [1.165, 1.54) is 25.7 Å². The Morgan fingerprint density at radius 2 is 1.71 bits per heavy atom. The van der Waals surface area contributed by atoms with E-state index >= 15 is 0 Å². The van der Waals surface area contributed by atoms with E-state index in [2.05, 4.69) is 19.2 Å². The van der Waals surface area contributed by atoms with Gasteiger partial charge in [-0.1, -0.05) is 26.7 Å². The highest BCUT2D eigenvalue weighted by atomic mass is 32.2. The molecule has 2 aliphatic rings. The number of rotatable bonds is 2. The average molecular weight is 259 g/mol. The van der Waals surface area contributed by atoms with Crippen molar-refractivity contribution in [2.24, 2.45) is 5.41 Å². The Morgan fingerprint density at radius 1 is 1.06 bits per heavy atom. The quantitative estimate of drug-likeness (QED) is 0.826. The molecule has 0 aromatic rings. The van der Waals surface area contributed by atoms with E-state index in [9.17, 15) is 8.42 Å². The molecule has 1 heterocycles. The van der Waals surface area contributed by atoms with Gasteiger partial charge in [0, 0.05) is 12.1 Å². The van der Waals surface area contributed by atoms with Crippen LogP contribution in [-0.4, -0.2) is 32.0 Å². The van der Waals surface area contributed by atoms with Crippen molar-refractivity contribution in [2.45, 2.75) is 64.5 Å². The van der Waals surface area contributed by atoms with Crippen LogP contribution in [0.4, 0.5) is 0 Å². The summed E-state index contributed by atoms with van der Waals surface area (Å²) in [5.41, 5.74) is 0.370. The maximum absolute atomic E-state index is 11.4. The van der Waals surface area contributed by atoms with Gasteiger partial charge < -0.3 is 5.32 Å². The van der Waals surface area contributed by atoms with Crippen LogP contribution in [-0.2, 0) is 9.84 Å². The topological polar surface area (TPSA) is 46.2 Å². The molecule has 17 heavy (non-hydrogen) atoms. The summed E-state index contributed by atoms with van der Waals surface area (Å²) in [4.78, 5) is 0. The van der Waals surface area contributed by atoms with Crippen molar-refractivity contribution in [1.29, 1.82) is 0 Å². The molecule has 1 aliphatic heterocycles. The van der Waals surface area contributed by atoms with E-state index < -0.39 is 9.84 Å². The van der Waals surface area contributed by atoms with Gasteiger partial charge in [-0.2, -0.15) is 0 Å². The molecule has 1 aliphatic carbocycles. The Hall–Kier alpha value is -0.0900. The summed E-state index contributed by atoms with van der Waals surface area (Å²) in [5, 5.41) is 3.72. The van der Waals surface area contributed by atoms with Crippen molar-refractivity contribution in [3.05, 3.63) is 0 Å². The molecule has 0 amide bonds. The zero-order chi connectivity index (χ0) is 12.5. The van der Waals surface area contributed by atoms with Crippen molar-refractivity contribution < 1.29 is 8.42 Å². The summed E-state index contributed by atoms with van der Waals surface area (Å²) in [6, 6.07) is 0.989. The zero-order valence-electron chi connectivity index (χ0n) is 11.0. The number of hydrogen-bond donors (Lipinski definition) is 1. The maximum Gasteiger partial charge on any atom is 0.150 e. The number of sulfone groups is 1. The lowest BCUT2D eigenvalue weighted by Gasteiger charge is -2.42. The first-order chi connectivity index (χ1) is 7.89. The third-order valence-electron chi connectivity index (χ3n) is 4.50. The Balaban J connectivity index is 1.89. The molecule has 1 saturated heterocycles. The highest BCUT2D eigenvalue weighted by Gasteiger charge is 2.34. The second-order valence-corrected chi connectivity index (χ2v) is 8.68. The van der Waals surface area contributed by atoms with Crippen LogP contribution in [0.25, 0.3) is 0 Å². The number of nitrogens with one attached hydrogen (secondary N) is 1. The molecule has 1 saturated carbocycles. The molecule has 0 aromatic heterocycles. The van der Waals surface area contributed by atoms with Crippen LogP contribution >= 0.6 is 0 Å². The van der Waals surface area contributed by atoms with Gasteiger partial charge in [0.25, 0.3) is 0 Å². The van der Waals surface area contributed by atoms with Gasteiger partial charge in [0.05, 0.1) is 11.5 Å². The third kappa shape index (κ3) is 3.44. The first-order valence-electron chi connectivity index (χ1n) is 6.86. The van der Waals surface area contributed by atoms with Gasteiger partial charge in [0.1, 0.15) is 9.84 Å². The van der Waals surface area contributed by atoms with Crippen LogP contribution < -0.4 is 5.32 Å². The molecule has 3 nitrogen and oxygen atoms in total. The Morgan fingerprint density at radius 3 is 2.29 bits per heavy atom. The lowest BCUT2D eigenvalue weighted by molar-refractivity contribution is 0.152. The molecule has 1 N–H and O–H groups in total. The molecule has 0 bridgehead atoms. The second-order valence-electron chi connectivity index (χ2n) is 6.38. The second kappa shape index (κ2) is 4.88.